The Balaban J connectivity index is 1.55. The lowest BCUT2D eigenvalue weighted by atomic mass is 10.1. The molecule has 0 bridgehead atoms. The Morgan fingerprint density at radius 1 is 1.03 bits per heavy atom. The van der Waals surface area contributed by atoms with Crippen LogP contribution in [0.25, 0.3) is 0 Å². The highest BCUT2D eigenvalue weighted by Gasteiger charge is 2.39. The Morgan fingerprint density at radius 2 is 1.67 bits per heavy atom. The van der Waals surface area contributed by atoms with E-state index in [4.69, 9.17) is 4.74 Å². The fourth-order valence-corrected chi connectivity index (χ4v) is 4.14. The molecule has 8 heteroatoms. The number of nitrogens with zero attached hydrogens (tertiary/aromatic N) is 2. The van der Waals surface area contributed by atoms with Gasteiger partial charge in [-0.25, -0.2) is 4.79 Å². The second-order valence-corrected chi connectivity index (χ2v) is 7.88. The number of amides is 3. The summed E-state index contributed by atoms with van der Waals surface area (Å²) in [5, 5.41) is 2.72. The number of carbonyl (C=O) groups is 4. The maximum atomic E-state index is 12.9. The number of esters is 1. The number of benzene rings is 1. The maximum absolute atomic E-state index is 12.9. The van der Waals surface area contributed by atoms with Crippen LogP contribution in [0.1, 0.15) is 45.1 Å². The largest absolute Gasteiger partial charge is 0.459 e. The molecule has 8 nitrogen and oxygen atoms in total. The Labute approximate surface area is 176 Å². The van der Waals surface area contributed by atoms with Gasteiger partial charge in [0.2, 0.25) is 17.7 Å². The van der Waals surface area contributed by atoms with Crippen molar-refractivity contribution >= 4 is 23.7 Å². The predicted molar refractivity (Wildman–Crippen MR) is 109 cm³/mol. The fourth-order valence-electron chi connectivity index (χ4n) is 4.14. The third kappa shape index (κ3) is 4.98. The second kappa shape index (κ2) is 9.73. The van der Waals surface area contributed by atoms with Crippen LogP contribution in [0.4, 0.5) is 0 Å². The number of hydrogen-bond donors (Lipinski definition) is 1. The molecule has 2 aliphatic rings. The van der Waals surface area contributed by atoms with Crippen molar-refractivity contribution in [3.63, 3.8) is 0 Å². The van der Waals surface area contributed by atoms with Crippen molar-refractivity contribution in [1.29, 1.82) is 0 Å². The lowest BCUT2D eigenvalue weighted by Crippen LogP contribution is -2.54. The van der Waals surface area contributed by atoms with Crippen LogP contribution in [0.15, 0.2) is 30.3 Å². The van der Waals surface area contributed by atoms with Crippen LogP contribution in [0.5, 0.6) is 0 Å². The van der Waals surface area contributed by atoms with Gasteiger partial charge in [-0.1, -0.05) is 30.3 Å². The van der Waals surface area contributed by atoms with Crippen molar-refractivity contribution in [2.75, 3.05) is 13.1 Å². The fraction of sp³-hybridized carbons (Fsp3) is 0.545. The van der Waals surface area contributed by atoms with Gasteiger partial charge in [0.25, 0.3) is 0 Å². The molecule has 30 heavy (non-hydrogen) atoms. The first-order chi connectivity index (χ1) is 14.4. The second-order valence-electron chi connectivity index (χ2n) is 7.88. The third-order valence-electron chi connectivity index (χ3n) is 5.72. The zero-order valence-corrected chi connectivity index (χ0v) is 17.5. The molecule has 2 saturated heterocycles. The smallest absolute Gasteiger partial charge is 0.329 e. The molecule has 3 atom stereocenters. The summed E-state index contributed by atoms with van der Waals surface area (Å²) in [6, 6.07) is 7.41. The Kier molecular flexibility index (Phi) is 7.07. The number of ether oxygens (including phenoxy) is 1. The number of carbonyl (C=O) groups excluding carboxylic acids is 4. The lowest BCUT2D eigenvalue weighted by molar-refractivity contribution is -0.155. The van der Waals surface area contributed by atoms with E-state index in [1.54, 1.807) is 6.92 Å². The van der Waals surface area contributed by atoms with E-state index < -0.39 is 24.1 Å². The van der Waals surface area contributed by atoms with Crippen molar-refractivity contribution in [3.8, 4) is 0 Å². The number of nitrogens with one attached hydrogen (secondary N) is 1. The van der Waals surface area contributed by atoms with Gasteiger partial charge in [-0.2, -0.15) is 0 Å². The SMILES string of the molecule is CC(=O)N1CCC[C@H]1C(=O)N[C@@H](C)C(=O)N1CCC[C@H]1C(=O)OCc1ccccc1. The van der Waals surface area contributed by atoms with Gasteiger partial charge < -0.3 is 19.9 Å². The first-order valence-electron chi connectivity index (χ1n) is 10.5. The van der Waals surface area contributed by atoms with E-state index in [0.29, 0.717) is 32.4 Å². The van der Waals surface area contributed by atoms with E-state index >= 15 is 0 Å². The van der Waals surface area contributed by atoms with E-state index in [2.05, 4.69) is 5.32 Å². The van der Waals surface area contributed by atoms with Gasteiger partial charge in [0.15, 0.2) is 0 Å². The van der Waals surface area contributed by atoms with Crippen LogP contribution >= 0.6 is 0 Å². The summed E-state index contributed by atoms with van der Waals surface area (Å²) in [5.74, 6) is -1.21. The minimum atomic E-state index is -0.783. The molecule has 162 valence electrons. The summed E-state index contributed by atoms with van der Waals surface area (Å²) in [7, 11) is 0. The minimum absolute atomic E-state index is 0.146. The number of rotatable bonds is 6. The molecule has 2 heterocycles. The highest BCUT2D eigenvalue weighted by molar-refractivity contribution is 5.93. The molecular formula is C22H29N3O5. The summed E-state index contributed by atoms with van der Waals surface area (Å²) in [6.07, 6.45) is 2.60. The molecule has 3 amide bonds. The standard InChI is InChI=1S/C22H29N3O5/c1-15(23-20(27)18-10-6-12-24(18)16(2)26)21(28)25-13-7-11-19(25)22(29)30-14-17-8-4-3-5-9-17/h3-5,8-9,15,18-19H,6-7,10-14H2,1-2H3,(H,23,27)/t15-,18-,19-/m0/s1. The zero-order chi connectivity index (χ0) is 21.7. The first kappa shape index (κ1) is 21.8. The molecule has 1 aromatic carbocycles. The summed E-state index contributed by atoms with van der Waals surface area (Å²) in [6.45, 7) is 4.21. The Hall–Kier alpha value is -2.90. The monoisotopic (exact) mass is 415 g/mol. The lowest BCUT2D eigenvalue weighted by Gasteiger charge is -2.28. The summed E-state index contributed by atoms with van der Waals surface area (Å²) >= 11 is 0. The Bertz CT molecular complexity index is 797. The van der Waals surface area contributed by atoms with E-state index in [0.717, 1.165) is 12.0 Å². The average molecular weight is 415 g/mol. The van der Waals surface area contributed by atoms with E-state index in [1.807, 2.05) is 30.3 Å². The number of likely N-dealkylation sites (tertiary alicyclic amines) is 2. The summed E-state index contributed by atoms with van der Waals surface area (Å²) < 4.78 is 5.41. The molecule has 2 aliphatic heterocycles. The molecule has 1 aromatic rings. The Morgan fingerprint density at radius 3 is 2.33 bits per heavy atom. The molecule has 0 spiro atoms. The normalized spacial score (nSPS) is 21.9. The van der Waals surface area contributed by atoms with Crippen LogP contribution < -0.4 is 5.32 Å². The average Bonchev–Trinajstić information content (AvgIpc) is 3.41. The first-order valence-corrected chi connectivity index (χ1v) is 10.5. The molecule has 0 saturated carbocycles. The predicted octanol–water partition coefficient (Wildman–Crippen LogP) is 1.24. The molecule has 0 aliphatic carbocycles. The topological polar surface area (TPSA) is 96.0 Å². The quantitative estimate of drug-likeness (QED) is 0.705. The van der Waals surface area contributed by atoms with Crippen molar-refractivity contribution in [2.45, 2.75) is 64.3 Å². The van der Waals surface area contributed by atoms with E-state index in [-0.39, 0.29) is 24.3 Å². The van der Waals surface area contributed by atoms with E-state index in [1.165, 1.54) is 16.7 Å². The van der Waals surface area contributed by atoms with Crippen molar-refractivity contribution in [3.05, 3.63) is 35.9 Å². The van der Waals surface area contributed by atoms with Gasteiger partial charge in [0, 0.05) is 20.0 Å². The molecule has 0 unspecified atom stereocenters. The highest BCUT2D eigenvalue weighted by atomic mass is 16.5. The molecule has 2 fully saturated rings. The molecular weight excluding hydrogens is 386 g/mol. The van der Waals surface area contributed by atoms with Crippen LogP contribution in [-0.2, 0) is 30.5 Å². The third-order valence-corrected chi connectivity index (χ3v) is 5.72. The molecule has 3 rings (SSSR count). The van der Waals surface area contributed by atoms with Crippen molar-refractivity contribution in [2.24, 2.45) is 0 Å². The molecule has 0 radical (unpaired) electrons. The van der Waals surface area contributed by atoms with Gasteiger partial charge >= 0.3 is 5.97 Å². The molecule has 1 N–H and O–H groups in total. The zero-order valence-electron chi connectivity index (χ0n) is 17.5. The minimum Gasteiger partial charge on any atom is -0.459 e. The van der Waals surface area contributed by atoms with Crippen molar-refractivity contribution < 1.29 is 23.9 Å². The van der Waals surface area contributed by atoms with Crippen LogP contribution in [-0.4, -0.2) is 64.7 Å². The van der Waals surface area contributed by atoms with Gasteiger partial charge in [-0.3, -0.25) is 14.4 Å². The van der Waals surface area contributed by atoms with Crippen LogP contribution in [0.3, 0.4) is 0 Å². The van der Waals surface area contributed by atoms with E-state index in [9.17, 15) is 19.2 Å². The summed E-state index contributed by atoms with van der Waals surface area (Å²) in [5.41, 5.74) is 0.883. The highest BCUT2D eigenvalue weighted by Crippen LogP contribution is 2.21. The number of hydrogen-bond acceptors (Lipinski definition) is 5. The molecule has 0 aromatic heterocycles. The van der Waals surface area contributed by atoms with Gasteiger partial charge in [-0.15, -0.1) is 0 Å². The van der Waals surface area contributed by atoms with Gasteiger partial charge in [0.05, 0.1) is 0 Å². The van der Waals surface area contributed by atoms with Gasteiger partial charge in [0.1, 0.15) is 24.7 Å². The maximum Gasteiger partial charge on any atom is 0.329 e. The van der Waals surface area contributed by atoms with Gasteiger partial charge in [-0.05, 0) is 38.2 Å². The van der Waals surface area contributed by atoms with Crippen LogP contribution in [0.2, 0.25) is 0 Å². The summed E-state index contributed by atoms with van der Waals surface area (Å²) in [4.78, 5) is 52.8. The van der Waals surface area contributed by atoms with Crippen molar-refractivity contribution in [1.82, 2.24) is 15.1 Å². The van der Waals surface area contributed by atoms with Crippen LogP contribution in [0, 0.1) is 0 Å².